The van der Waals surface area contributed by atoms with Crippen molar-refractivity contribution in [2.75, 3.05) is 17.1 Å². The highest BCUT2D eigenvalue weighted by Gasteiger charge is 2.31. The predicted molar refractivity (Wildman–Crippen MR) is 138 cm³/mol. The van der Waals surface area contributed by atoms with Gasteiger partial charge in [0.1, 0.15) is 12.6 Å². The fourth-order valence-electron chi connectivity index (χ4n) is 4.03. The molecule has 0 radical (unpaired) electrons. The van der Waals surface area contributed by atoms with Gasteiger partial charge in [0.2, 0.25) is 21.8 Å². The molecule has 0 spiro atoms. The van der Waals surface area contributed by atoms with Gasteiger partial charge in [0.05, 0.1) is 11.9 Å². The highest BCUT2D eigenvalue weighted by atomic mass is 79.9. The molecule has 0 aromatic heterocycles. The van der Waals surface area contributed by atoms with E-state index >= 15 is 0 Å². The van der Waals surface area contributed by atoms with Crippen LogP contribution in [-0.2, 0) is 26.2 Å². The zero-order chi connectivity index (χ0) is 24.9. The van der Waals surface area contributed by atoms with E-state index in [1.165, 1.54) is 4.90 Å². The van der Waals surface area contributed by atoms with Crippen molar-refractivity contribution < 1.29 is 18.0 Å². The molecule has 0 aliphatic heterocycles. The average Bonchev–Trinajstić information content (AvgIpc) is 3.28. The Morgan fingerprint density at radius 1 is 1.15 bits per heavy atom. The topological polar surface area (TPSA) is 86.8 Å². The molecule has 1 fully saturated rings. The van der Waals surface area contributed by atoms with Gasteiger partial charge in [-0.2, -0.15) is 0 Å². The Kier molecular flexibility index (Phi) is 9.01. The summed E-state index contributed by atoms with van der Waals surface area (Å²) in [7, 11) is -3.75. The van der Waals surface area contributed by atoms with E-state index in [-0.39, 0.29) is 18.5 Å². The lowest BCUT2D eigenvalue weighted by Gasteiger charge is -2.32. The first-order chi connectivity index (χ1) is 16.0. The molecule has 0 saturated heterocycles. The molecule has 1 atom stereocenters. The highest BCUT2D eigenvalue weighted by Crippen LogP contribution is 2.23. The summed E-state index contributed by atoms with van der Waals surface area (Å²) in [4.78, 5) is 27.9. The van der Waals surface area contributed by atoms with Gasteiger partial charge in [0, 0.05) is 22.1 Å². The van der Waals surface area contributed by atoms with Crippen LogP contribution in [0.2, 0.25) is 5.02 Å². The highest BCUT2D eigenvalue weighted by molar-refractivity contribution is 9.10. The summed E-state index contributed by atoms with van der Waals surface area (Å²) in [6.45, 7) is 1.36. The van der Waals surface area contributed by atoms with Gasteiger partial charge in [-0.1, -0.05) is 52.5 Å². The Bertz CT molecular complexity index is 1120. The van der Waals surface area contributed by atoms with Gasteiger partial charge >= 0.3 is 0 Å². The molecule has 0 bridgehead atoms. The smallest absolute Gasteiger partial charge is 0.244 e. The average molecular weight is 571 g/mol. The molecule has 1 aliphatic carbocycles. The van der Waals surface area contributed by atoms with Crippen LogP contribution >= 0.6 is 27.5 Å². The van der Waals surface area contributed by atoms with Crippen LogP contribution in [0.5, 0.6) is 0 Å². The van der Waals surface area contributed by atoms with Gasteiger partial charge < -0.3 is 10.2 Å². The molecule has 7 nitrogen and oxygen atoms in total. The maximum absolute atomic E-state index is 13.5. The minimum atomic E-state index is -3.75. The number of carbonyl (C=O) groups is 2. The van der Waals surface area contributed by atoms with Crippen LogP contribution in [0.15, 0.2) is 53.0 Å². The van der Waals surface area contributed by atoms with Crippen molar-refractivity contribution >= 4 is 55.1 Å². The lowest BCUT2D eigenvalue weighted by atomic mass is 10.1. The second kappa shape index (κ2) is 11.6. The van der Waals surface area contributed by atoms with Crippen molar-refractivity contribution in [3.63, 3.8) is 0 Å². The second-order valence-electron chi connectivity index (χ2n) is 8.56. The Morgan fingerprint density at radius 2 is 1.79 bits per heavy atom. The minimum Gasteiger partial charge on any atom is -0.352 e. The molecule has 2 aromatic rings. The van der Waals surface area contributed by atoms with Gasteiger partial charge in [0.25, 0.3) is 0 Å². The number of benzene rings is 2. The molecule has 0 unspecified atom stereocenters. The number of rotatable bonds is 9. The number of nitrogens with one attached hydrogen (secondary N) is 1. The third-order valence-corrected chi connectivity index (χ3v) is 7.81. The van der Waals surface area contributed by atoms with Crippen molar-refractivity contribution in [1.82, 2.24) is 10.2 Å². The van der Waals surface area contributed by atoms with Crippen LogP contribution in [0.3, 0.4) is 0 Å². The van der Waals surface area contributed by atoms with Crippen molar-refractivity contribution in [2.24, 2.45) is 0 Å². The zero-order valence-corrected chi connectivity index (χ0v) is 22.4. The van der Waals surface area contributed by atoms with Crippen LogP contribution in [0.4, 0.5) is 5.69 Å². The zero-order valence-electron chi connectivity index (χ0n) is 19.2. The summed E-state index contributed by atoms with van der Waals surface area (Å²) in [6, 6.07) is 13.0. The number of nitrogens with zero attached hydrogens (tertiary/aromatic N) is 2. The lowest BCUT2D eigenvalue weighted by molar-refractivity contribution is -0.139. The number of hydrogen-bond donors (Lipinski definition) is 1. The first-order valence-electron chi connectivity index (χ1n) is 11.1. The standard InChI is InChI=1S/C24H29BrClN3O4S/c1-17(24(31)27-21-8-3-4-9-21)28(15-18-6-5-7-20(26)14-18)23(30)16-29(34(2,32)33)22-12-10-19(25)11-13-22/h5-7,10-14,17,21H,3-4,8-9,15-16H2,1-2H3,(H,27,31)/t17-/m1/s1. The summed E-state index contributed by atoms with van der Waals surface area (Å²) >= 11 is 9.46. The Labute approximate surface area is 214 Å². The van der Waals surface area contributed by atoms with Crippen molar-refractivity contribution in [3.8, 4) is 0 Å². The quantitative estimate of drug-likeness (QED) is 0.486. The molecule has 1 N–H and O–H groups in total. The van der Waals surface area contributed by atoms with Gasteiger partial charge in [-0.3, -0.25) is 13.9 Å². The Morgan fingerprint density at radius 3 is 2.38 bits per heavy atom. The summed E-state index contributed by atoms with van der Waals surface area (Å²) in [5, 5.41) is 3.55. The number of amides is 2. The van der Waals surface area contributed by atoms with E-state index in [2.05, 4.69) is 21.2 Å². The maximum Gasteiger partial charge on any atom is 0.244 e. The molecule has 1 aliphatic rings. The van der Waals surface area contributed by atoms with Gasteiger partial charge in [-0.05, 0) is 61.7 Å². The van der Waals surface area contributed by atoms with E-state index in [1.54, 1.807) is 49.4 Å². The van der Waals surface area contributed by atoms with E-state index < -0.39 is 28.5 Å². The number of hydrogen-bond acceptors (Lipinski definition) is 4. The molecule has 2 aromatic carbocycles. The Balaban J connectivity index is 1.87. The molecule has 0 heterocycles. The maximum atomic E-state index is 13.5. The predicted octanol–water partition coefficient (Wildman–Crippen LogP) is 4.34. The number of carbonyl (C=O) groups excluding carboxylic acids is 2. The molecule has 3 rings (SSSR count). The first kappa shape index (κ1) is 26.5. The second-order valence-corrected chi connectivity index (χ2v) is 11.8. The number of halogens is 2. The lowest BCUT2D eigenvalue weighted by Crippen LogP contribution is -2.52. The van der Waals surface area contributed by atoms with Crippen molar-refractivity contribution in [3.05, 3.63) is 63.6 Å². The largest absolute Gasteiger partial charge is 0.352 e. The van der Waals surface area contributed by atoms with Crippen molar-refractivity contribution in [1.29, 1.82) is 0 Å². The summed E-state index contributed by atoms with van der Waals surface area (Å²) in [5.41, 5.74) is 1.11. The molecule has 10 heteroatoms. The van der Waals surface area contributed by atoms with Gasteiger partial charge in [-0.25, -0.2) is 8.42 Å². The molecule has 1 saturated carbocycles. The number of anilines is 1. The monoisotopic (exact) mass is 569 g/mol. The van der Waals surface area contributed by atoms with Crippen LogP contribution in [-0.4, -0.2) is 50.0 Å². The SMILES string of the molecule is C[C@H](C(=O)NC1CCCC1)N(Cc1cccc(Cl)c1)C(=O)CN(c1ccc(Br)cc1)S(C)(=O)=O. The van der Waals surface area contributed by atoms with Crippen LogP contribution < -0.4 is 9.62 Å². The van der Waals surface area contributed by atoms with Gasteiger partial charge in [0.15, 0.2) is 0 Å². The summed E-state index contributed by atoms with van der Waals surface area (Å²) in [5.74, 6) is -0.737. The molecule has 184 valence electrons. The van der Waals surface area contributed by atoms with Crippen LogP contribution in [0, 0.1) is 0 Å². The van der Waals surface area contributed by atoms with Crippen molar-refractivity contribution in [2.45, 2.75) is 51.2 Å². The third-order valence-electron chi connectivity index (χ3n) is 5.90. The molecule has 34 heavy (non-hydrogen) atoms. The first-order valence-corrected chi connectivity index (χ1v) is 14.1. The molecular formula is C24H29BrClN3O4S. The van der Waals surface area contributed by atoms with E-state index in [0.29, 0.717) is 10.7 Å². The van der Waals surface area contributed by atoms with E-state index in [4.69, 9.17) is 11.6 Å². The van der Waals surface area contributed by atoms with E-state index in [0.717, 1.165) is 46.3 Å². The normalized spacial score (nSPS) is 15.1. The fourth-order valence-corrected chi connectivity index (χ4v) is 5.35. The van der Waals surface area contributed by atoms with Crippen LogP contribution in [0.1, 0.15) is 38.2 Å². The van der Waals surface area contributed by atoms with Crippen LogP contribution in [0.25, 0.3) is 0 Å². The summed E-state index contributed by atoms with van der Waals surface area (Å²) in [6.07, 6.45) is 5.04. The third kappa shape index (κ3) is 7.20. The number of sulfonamides is 1. The Hall–Kier alpha value is -2.10. The molecular weight excluding hydrogens is 542 g/mol. The van der Waals surface area contributed by atoms with E-state index in [1.807, 2.05) is 6.07 Å². The van der Waals surface area contributed by atoms with E-state index in [9.17, 15) is 18.0 Å². The van der Waals surface area contributed by atoms with Gasteiger partial charge in [-0.15, -0.1) is 0 Å². The molecule has 2 amide bonds. The minimum absolute atomic E-state index is 0.105. The fraction of sp³-hybridized carbons (Fsp3) is 0.417. The summed E-state index contributed by atoms with van der Waals surface area (Å²) < 4.78 is 27.0.